The van der Waals surface area contributed by atoms with E-state index in [4.69, 9.17) is 10.5 Å². The minimum atomic E-state index is -4.72. The van der Waals surface area contributed by atoms with Gasteiger partial charge < -0.3 is 15.4 Å². The van der Waals surface area contributed by atoms with Crippen molar-refractivity contribution >= 4 is 30.8 Å². The number of fused-ring (bicyclic) bond motifs is 1. The van der Waals surface area contributed by atoms with Gasteiger partial charge >= 0.3 is 12.2 Å². The molecule has 46 heavy (non-hydrogen) atoms. The lowest BCUT2D eigenvalue weighted by atomic mass is 9.81. The highest BCUT2D eigenvalue weighted by atomic mass is 35.5. The van der Waals surface area contributed by atoms with E-state index in [1.165, 1.54) is 24.3 Å². The number of carbonyl (C=O) groups excluding carboxylic acids is 1. The first-order valence-electron chi connectivity index (χ1n) is 14.4. The van der Waals surface area contributed by atoms with Crippen LogP contribution in [0.3, 0.4) is 0 Å². The van der Waals surface area contributed by atoms with E-state index in [2.05, 4.69) is 49.6 Å². The number of benzene rings is 3. The Balaban J connectivity index is 0.00000240. The maximum atomic E-state index is 13.6. The number of methoxy groups -OCH3 is 1. The second-order valence-corrected chi connectivity index (χ2v) is 11.1. The molecule has 2 saturated heterocycles. The van der Waals surface area contributed by atoms with Crippen molar-refractivity contribution < 1.29 is 22.7 Å². The normalized spacial score (nSPS) is 18.8. The molecule has 2 aliphatic rings. The standard InChI is InChI=1S/C31H33F3N8O2.2ClH/c1-44-27-13-12-24(42-29(31(32,33)34)36-37-38-42)16-23(27)17-39-18-25-19-40(30(35)43)14-15-41(25)26(20-39)28(21-8-4-2-5-9-21)22-10-6-3-7-11-22;;/h2-13,16,25-26,28H,14-15,17-20H2,1H3,(H2,35,43);2*1H/t25-,26+;;/m1../s1. The van der Waals surface area contributed by atoms with E-state index in [1.54, 1.807) is 17.0 Å². The number of aromatic nitrogens is 4. The van der Waals surface area contributed by atoms with Crippen molar-refractivity contribution in [1.82, 2.24) is 34.9 Å². The first-order chi connectivity index (χ1) is 21.2. The second kappa shape index (κ2) is 14.7. The Bertz CT molecular complexity index is 1560. The van der Waals surface area contributed by atoms with Gasteiger partial charge in [-0.05, 0) is 39.8 Å². The molecule has 2 fully saturated rings. The first kappa shape index (κ1) is 35.0. The number of tetrazole rings is 1. The van der Waals surface area contributed by atoms with Crippen molar-refractivity contribution in [3.63, 3.8) is 0 Å². The Morgan fingerprint density at radius 1 is 0.957 bits per heavy atom. The third-order valence-electron chi connectivity index (χ3n) is 8.51. The van der Waals surface area contributed by atoms with Crippen LogP contribution in [-0.4, -0.2) is 92.9 Å². The van der Waals surface area contributed by atoms with Crippen molar-refractivity contribution in [2.45, 2.75) is 30.7 Å². The molecule has 246 valence electrons. The lowest BCUT2D eigenvalue weighted by Gasteiger charge is -2.53. The van der Waals surface area contributed by atoms with Crippen LogP contribution in [0.1, 0.15) is 28.4 Å². The summed E-state index contributed by atoms with van der Waals surface area (Å²) in [5.74, 6) is -0.629. The van der Waals surface area contributed by atoms with Gasteiger partial charge in [0.15, 0.2) is 0 Å². The molecule has 4 aromatic rings. The van der Waals surface area contributed by atoms with Gasteiger partial charge in [0, 0.05) is 62.8 Å². The molecular formula is C31H35Cl2F3N8O2. The monoisotopic (exact) mass is 678 g/mol. The van der Waals surface area contributed by atoms with Crippen molar-refractivity contribution in [3.8, 4) is 11.4 Å². The predicted octanol–water partition coefficient (Wildman–Crippen LogP) is 4.61. The molecule has 0 bridgehead atoms. The van der Waals surface area contributed by atoms with Gasteiger partial charge in [0.1, 0.15) is 5.75 Å². The fraction of sp³-hybridized carbons (Fsp3) is 0.355. The molecule has 0 spiro atoms. The molecule has 2 aliphatic heterocycles. The number of primary amides is 1. The summed E-state index contributed by atoms with van der Waals surface area (Å²) in [6, 6.07) is 25.1. The van der Waals surface area contributed by atoms with E-state index in [0.717, 1.165) is 0 Å². The quantitative estimate of drug-likeness (QED) is 0.304. The van der Waals surface area contributed by atoms with Crippen molar-refractivity contribution in [3.05, 3.63) is 101 Å². The molecule has 2 amide bonds. The van der Waals surface area contributed by atoms with Gasteiger partial charge in [-0.15, -0.1) is 29.9 Å². The third kappa shape index (κ3) is 7.22. The van der Waals surface area contributed by atoms with Gasteiger partial charge in [-0.3, -0.25) is 9.80 Å². The number of nitrogens with two attached hydrogens (primary N) is 1. The number of nitrogens with zero attached hydrogens (tertiary/aromatic N) is 7. The van der Waals surface area contributed by atoms with E-state index in [-0.39, 0.29) is 48.5 Å². The minimum absolute atomic E-state index is 0. The minimum Gasteiger partial charge on any atom is -0.496 e. The topological polar surface area (TPSA) is 106 Å². The smallest absolute Gasteiger partial charge is 0.453 e. The van der Waals surface area contributed by atoms with Crippen LogP contribution in [-0.2, 0) is 12.7 Å². The van der Waals surface area contributed by atoms with Gasteiger partial charge in [0.25, 0.3) is 5.82 Å². The van der Waals surface area contributed by atoms with E-state index < -0.39 is 18.0 Å². The first-order valence-corrected chi connectivity index (χ1v) is 14.4. The zero-order valence-corrected chi connectivity index (χ0v) is 26.6. The number of alkyl halides is 3. The molecule has 0 aliphatic carbocycles. The maximum Gasteiger partial charge on any atom is 0.453 e. The molecule has 6 rings (SSSR count). The van der Waals surface area contributed by atoms with E-state index in [0.29, 0.717) is 55.3 Å². The van der Waals surface area contributed by atoms with E-state index >= 15 is 0 Å². The molecule has 1 aromatic heterocycles. The van der Waals surface area contributed by atoms with Gasteiger partial charge in [-0.25, -0.2) is 4.79 Å². The van der Waals surface area contributed by atoms with Crippen molar-refractivity contribution in [2.75, 3.05) is 39.8 Å². The Hall–Kier alpha value is -3.91. The molecular weight excluding hydrogens is 644 g/mol. The summed E-state index contributed by atoms with van der Waals surface area (Å²) in [6.45, 7) is 3.41. The molecule has 3 heterocycles. The summed E-state index contributed by atoms with van der Waals surface area (Å²) in [5.41, 5.74) is 8.94. The van der Waals surface area contributed by atoms with Crippen molar-refractivity contribution in [1.29, 1.82) is 0 Å². The molecule has 0 radical (unpaired) electrons. The highest BCUT2D eigenvalue weighted by molar-refractivity contribution is 5.85. The number of urea groups is 1. The summed E-state index contributed by atoms with van der Waals surface area (Å²) in [4.78, 5) is 18.6. The van der Waals surface area contributed by atoms with E-state index in [1.807, 2.05) is 36.4 Å². The molecule has 0 saturated carbocycles. The molecule has 3 aromatic carbocycles. The number of rotatable bonds is 7. The Labute approximate surface area is 277 Å². The van der Waals surface area contributed by atoms with E-state index in [9.17, 15) is 18.0 Å². The van der Waals surface area contributed by atoms with Crippen LogP contribution in [0, 0.1) is 0 Å². The molecule has 0 unspecified atom stereocenters. The van der Waals surface area contributed by atoms with Crippen LogP contribution in [0.5, 0.6) is 5.75 Å². The number of ether oxygens (including phenoxy) is 1. The van der Waals surface area contributed by atoms with Crippen LogP contribution < -0.4 is 10.5 Å². The van der Waals surface area contributed by atoms with Gasteiger partial charge in [0.2, 0.25) is 0 Å². The Morgan fingerprint density at radius 3 is 2.20 bits per heavy atom. The summed E-state index contributed by atoms with van der Waals surface area (Å²) in [7, 11) is 1.53. The number of piperazine rings is 2. The fourth-order valence-electron chi connectivity index (χ4n) is 6.59. The Kier molecular flexibility index (Phi) is 11.1. The number of amides is 2. The lowest BCUT2D eigenvalue weighted by Crippen LogP contribution is -2.67. The van der Waals surface area contributed by atoms with Crippen LogP contribution in [0.15, 0.2) is 78.9 Å². The SMILES string of the molecule is COc1ccc(-n2nnnc2C(F)(F)F)cc1CN1C[C@@H]2CN(C(N)=O)CCN2[C@H](C(c2ccccc2)c2ccccc2)C1.Cl.Cl. The third-order valence-corrected chi connectivity index (χ3v) is 8.51. The fourth-order valence-corrected chi connectivity index (χ4v) is 6.59. The largest absolute Gasteiger partial charge is 0.496 e. The summed E-state index contributed by atoms with van der Waals surface area (Å²) >= 11 is 0. The summed E-state index contributed by atoms with van der Waals surface area (Å²) in [5, 5.41) is 10.1. The number of hydrogen-bond acceptors (Lipinski definition) is 7. The van der Waals surface area contributed by atoms with Gasteiger partial charge in [0.05, 0.1) is 12.8 Å². The molecule has 10 nitrogen and oxygen atoms in total. The predicted molar refractivity (Wildman–Crippen MR) is 171 cm³/mol. The average molecular weight is 680 g/mol. The molecule has 15 heteroatoms. The van der Waals surface area contributed by atoms with Crippen LogP contribution >= 0.6 is 24.8 Å². The zero-order chi connectivity index (χ0) is 30.8. The second-order valence-electron chi connectivity index (χ2n) is 11.1. The van der Waals surface area contributed by atoms with Gasteiger partial charge in [-0.1, -0.05) is 60.7 Å². The summed E-state index contributed by atoms with van der Waals surface area (Å²) in [6.07, 6.45) is -4.72. The summed E-state index contributed by atoms with van der Waals surface area (Å²) < 4.78 is 47.1. The lowest BCUT2D eigenvalue weighted by molar-refractivity contribution is -0.146. The Morgan fingerprint density at radius 2 is 1.61 bits per heavy atom. The van der Waals surface area contributed by atoms with Crippen LogP contribution in [0.2, 0.25) is 0 Å². The van der Waals surface area contributed by atoms with Crippen LogP contribution in [0.25, 0.3) is 5.69 Å². The molecule has 2 atom stereocenters. The van der Waals surface area contributed by atoms with Crippen LogP contribution in [0.4, 0.5) is 18.0 Å². The zero-order valence-electron chi connectivity index (χ0n) is 25.0. The number of carbonyl (C=O) groups is 1. The number of halogens is 5. The average Bonchev–Trinajstić information content (AvgIpc) is 3.53. The van der Waals surface area contributed by atoms with Gasteiger partial charge in [-0.2, -0.15) is 17.9 Å². The number of hydrogen-bond donors (Lipinski definition) is 1. The maximum absolute atomic E-state index is 13.6. The molecule has 2 N–H and O–H groups in total. The van der Waals surface area contributed by atoms with Crippen molar-refractivity contribution in [2.24, 2.45) is 5.73 Å². The highest BCUT2D eigenvalue weighted by Gasteiger charge is 2.43. The highest BCUT2D eigenvalue weighted by Crippen LogP contribution is 2.37.